The number of hydrogen-bond acceptors (Lipinski definition) is 5. The third-order valence-corrected chi connectivity index (χ3v) is 12.5. The molecule has 0 bridgehead atoms. The molecular formula is C40H60O2S3. The molecule has 3 aromatic heterocycles. The molecule has 45 heavy (non-hydrogen) atoms. The van der Waals surface area contributed by atoms with Crippen molar-refractivity contribution in [3.05, 3.63) is 64.7 Å². The third-order valence-electron chi connectivity index (χ3n) is 8.98. The first-order chi connectivity index (χ1) is 22.2. The molecule has 3 rings (SSSR count). The standard InChI is InChI=1S/C40H60O2S3/c1-3-5-7-9-11-13-15-17-19-21-23-35-27-33(31-41)39(44-35)29-37-25-26-38(43-37)30-40-34(32-42)28-36(45-40)24-22-20-18-16-14-12-10-8-6-4-2/h25-28,31-32H,3-24,29-30H2,1-2H3. The van der Waals surface area contributed by atoms with E-state index in [4.69, 9.17) is 0 Å². The SMILES string of the molecule is CCCCCCCCCCCCc1cc(C=O)c(Cc2ccc(Cc3sc(CCCCCCCCCCCC)cc3C=O)s2)s1. The van der Waals surface area contributed by atoms with Crippen LogP contribution in [0.5, 0.6) is 0 Å². The molecule has 0 unspecified atom stereocenters. The van der Waals surface area contributed by atoms with Crippen molar-refractivity contribution in [3.63, 3.8) is 0 Å². The number of aryl methyl sites for hydroxylation is 2. The molecule has 0 aromatic carbocycles. The van der Waals surface area contributed by atoms with Crippen LogP contribution in [-0.2, 0) is 25.7 Å². The van der Waals surface area contributed by atoms with E-state index in [0.29, 0.717) is 0 Å². The number of rotatable bonds is 28. The summed E-state index contributed by atoms with van der Waals surface area (Å²) in [6.45, 7) is 4.55. The zero-order valence-electron chi connectivity index (χ0n) is 28.5. The van der Waals surface area contributed by atoms with Gasteiger partial charge in [0.05, 0.1) is 0 Å². The molecular weight excluding hydrogens is 609 g/mol. The van der Waals surface area contributed by atoms with Gasteiger partial charge in [-0.15, -0.1) is 34.0 Å². The summed E-state index contributed by atoms with van der Waals surface area (Å²) in [4.78, 5) is 31.4. The van der Waals surface area contributed by atoms with E-state index in [-0.39, 0.29) is 0 Å². The Morgan fingerprint density at radius 2 is 0.778 bits per heavy atom. The van der Waals surface area contributed by atoms with Gasteiger partial charge in [-0.2, -0.15) is 0 Å². The highest BCUT2D eigenvalue weighted by Crippen LogP contribution is 2.32. The van der Waals surface area contributed by atoms with Gasteiger partial charge >= 0.3 is 0 Å². The van der Waals surface area contributed by atoms with E-state index in [1.54, 1.807) is 0 Å². The molecule has 0 N–H and O–H groups in total. The Bertz CT molecular complexity index is 1110. The monoisotopic (exact) mass is 668 g/mol. The van der Waals surface area contributed by atoms with E-state index in [0.717, 1.165) is 49.4 Å². The van der Waals surface area contributed by atoms with Crippen LogP contribution in [-0.4, -0.2) is 12.6 Å². The molecule has 0 spiro atoms. The Morgan fingerprint density at radius 1 is 0.444 bits per heavy atom. The van der Waals surface area contributed by atoms with Gasteiger partial charge in [0.1, 0.15) is 0 Å². The van der Waals surface area contributed by atoms with Crippen molar-refractivity contribution in [1.29, 1.82) is 0 Å². The second kappa shape index (κ2) is 23.7. The van der Waals surface area contributed by atoms with Crippen molar-refractivity contribution >= 4 is 46.6 Å². The van der Waals surface area contributed by atoms with Crippen molar-refractivity contribution in [3.8, 4) is 0 Å². The summed E-state index contributed by atoms with van der Waals surface area (Å²) in [5, 5.41) is 0. The molecule has 3 aromatic rings. The lowest BCUT2D eigenvalue weighted by Gasteiger charge is -2.02. The van der Waals surface area contributed by atoms with E-state index >= 15 is 0 Å². The molecule has 5 heteroatoms. The maximum Gasteiger partial charge on any atom is 0.151 e. The largest absolute Gasteiger partial charge is 0.298 e. The van der Waals surface area contributed by atoms with E-state index in [1.807, 2.05) is 34.0 Å². The maximum absolute atomic E-state index is 11.9. The zero-order chi connectivity index (χ0) is 32.0. The van der Waals surface area contributed by atoms with Gasteiger partial charge in [-0.3, -0.25) is 9.59 Å². The minimum atomic E-state index is 0.830. The fourth-order valence-electron chi connectivity index (χ4n) is 6.23. The molecule has 0 atom stereocenters. The van der Waals surface area contributed by atoms with Gasteiger partial charge in [-0.05, 0) is 49.9 Å². The predicted octanol–water partition coefficient (Wildman–Crippen LogP) is 13.6. The van der Waals surface area contributed by atoms with Gasteiger partial charge in [0.25, 0.3) is 0 Å². The van der Waals surface area contributed by atoms with E-state index in [1.165, 1.54) is 158 Å². The van der Waals surface area contributed by atoms with Gasteiger partial charge in [0.2, 0.25) is 0 Å². The summed E-state index contributed by atoms with van der Waals surface area (Å²) in [5.41, 5.74) is 1.74. The Kier molecular flexibility index (Phi) is 20.0. The Balaban J connectivity index is 1.38. The maximum atomic E-state index is 11.9. The normalized spacial score (nSPS) is 11.4. The molecule has 0 radical (unpaired) electrons. The third kappa shape index (κ3) is 15.3. The fraction of sp³-hybridized carbons (Fsp3) is 0.650. The van der Waals surface area contributed by atoms with Crippen molar-refractivity contribution < 1.29 is 9.59 Å². The molecule has 0 amide bonds. The molecule has 0 saturated carbocycles. The zero-order valence-corrected chi connectivity index (χ0v) is 30.9. The number of unbranched alkanes of at least 4 members (excludes halogenated alkanes) is 18. The average molecular weight is 669 g/mol. The molecule has 0 saturated heterocycles. The van der Waals surface area contributed by atoms with Gasteiger partial charge in [0, 0.05) is 53.2 Å². The van der Waals surface area contributed by atoms with Crippen LogP contribution in [0.1, 0.15) is 192 Å². The Labute approximate surface area is 287 Å². The van der Waals surface area contributed by atoms with Crippen LogP contribution in [0.4, 0.5) is 0 Å². The van der Waals surface area contributed by atoms with Crippen molar-refractivity contribution in [2.24, 2.45) is 0 Å². The van der Waals surface area contributed by atoms with Gasteiger partial charge in [0.15, 0.2) is 12.6 Å². The smallest absolute Gasteiger partial charge is 0.151 e. The van der Waals surface area contributed by atoms with Gasteiger partial charge in [-0.1, -0.05) is 129 Å². The fourth-order valence-corrected chi connectivity index (χ4v) is 9.85. The van der Waals surface area contributed by atoms with Gasteiger partial charge in [-0.25, -0.2) is 0 Å². The summed E-state index contributed by atoms with van der Waals surface area (Å²) in [6, 6.07) is 8.70. The topological polar surface area (TPSA) is 34.1 Å². The summed E-state index contributed by atoms with van der Waals surface area (Å²) in [6.07, 6.45) is 32.9. The highest BCUT2D eigenvalue weighted by molar-refractivity contribution is 7.14. The molecule has 250 valence electrons. The molecule has 0 fully saturated rings. The second-order valence-corrected chi connectivity index (χ2v) is 16.7. The summed E-state index contributed by atoms with van der Waals surface area (Å²) in [7, 11) is 0. The van der Waals surface area contributed by atoms with Crippen LogP contribution in [0.3, 0.4) is 0 Å². The van der Waals surface area contributed by atoms with Crippen LogP contribution >= 0.6 is 34.0 Å². The van der Waals surface area contributed by atoms with Crippen molar-refractivity contribution in [2.45, 2.75) is 168 Å². The van der Waals surface area contributed by atoms with Crippen molar-refractivity contribution in [2.75, 3.05) is 0 Å². The summed E-state index contributed by atoms with van der Waals surface area (Å²) in [5.74, 6) is 0. The van der Waals surface area contributed by atoms with E-state index in [9.17, 15) is 9.59 Å². The lowest BCUT2D eigenvalue weighted by atomic mass is 10.1. The van der Waals surface area contributed by atoms with Crippen LogP contribution in [0.2, 0.25) is 0 Å². The quantitative estimate of drug-likeness (QED) is 0.0570. The first-order valence-electron chi connectivity index (χ1n) is 18.4. The van der Waals surface area contributed by atoms with Crippen LogP contribution < -0.4 is 0 Å². The first-order valence-corrected chi connectivity index (χ1v) is 20.8. The lowest BCUT2D eigenvalue weighted by Crippen LogP contribution is -1.86. The minimum Gasteiger partial charge on any atom is -0.298 e. The Hall–Kier alpha value is -1.56. The first kappa shape index (κ1) is 37.9. The highest BCUT2D eigenvalue weighted by Gasteiger charge is 2.14. The number of thiophene rings is 3. The van der Waals surface area contributed by atoms with Gasteiger partial charge < -0.3 is 0 Å². The van der Waals surface area contributed by atoms with Crippen LogP contribution in [0.15, 0.2) is 24.3 Å². The number of carbonyl (C=O) groups is 2. The summed E-state index contributed by atoms with van der Waals surface area (Å²) >= 11 is 5.49. The second-order valence-electron chi connectivity index (χ2n) is 13.0. The van der Waals surface area contributed by atoms with Crippen molar-refractivity contribution in [1.82, 2.24) is 0 Å². The van der Waals surface area contributed by atoms with E-state index in [2.05, 4.69) is 38.1 Å². The molecule has 0 aliphatic rings. The number of aldehydes is 2. The minimum absolute atomic E-state index is 0.830. The van der Waals surface area contributed by atoms with Crippen LogP contribution in [0, 0.1) is 0 Å². The molecule has 3 heterocycles. The number of hydrogen-bond donors (Lipinski definition) is 0. The van der Waals surface area contributed by atoms with Crippen LogP contribution in [0.25, 0.3) is 0 Å². The molecule has 0 aliphatic heterocycles. The lowest BCUT2D eigenvalue weighted by molar-refractivity contribution is 0.111. The Morgan fingerprint density at radius 3 is 1.11 bits per heavy atom. The average Bonchev–Trinajstić information content (AvgIpc) is 3.77. The molecule has 2 nitrogen and oxygen atoms in total. The van der Waals surface area contributed by atoms with E-state index < -0.39 is 0 Å². The summed E-state index contributed by atoms with van der Waals surface area (Å²) < 4.78 is 0. The predicted molar refractivity (Wildman–Crippen MR) is 200 cm³/mol. The number of carbonyl (C=O) groups excluding carboxylic acids is 2. The highest BCUT2D eigenvalue weighted by atomic mass is 32.1. The molecule has 0 aliphatic carbocycles.